The van der Waals surface area contributed by atoms with Gasteiger partial charge in [-0.25, -0.2) is 0 Å². The van der Waals surface area contributed by atoms with Gasteiger partial charge in [-0.15, -0.1) is 0 Å². The van der Waals surface area contributed by atoms with Crippen LogP contribution in [0.3, 0.4) is 0 Å². The van der Waals surface area contributed by atoms with Gasteiger partial charge >= 0.3 is 0 Å². The number of benzene rings is 15. The Morgan fingerprint density at radius 2 is 0.420 bits per heavy atom. The van der Waals surface area contributed by atoms with E-state index in [4.69, 9.17) is 18.9 Å². The normalized spacial score (nSPS) is 13.6. The van der Waals surface area contributed by atoms with Crippen LogP contribution in [0.1, 0.15) is 227 Å². The zero-order valence-electron chi connectivity index (χ0n) is 66.7. The van der Waals surface area contributed by atoms with Gasteiger partial charge in [-0.3, -0.25) is 0 Å². The first-order valence-corrected chi connectivity index (χ1v) is 43.2. The number of hydrogen-bond acceptors (Lipinski definition) is 4. The Hall–Kier alpha value is -10.4. The fourth-order valence-electron chi connectivity index (χ4n) is 18.9. The second kappa shape index (κ2) is 34.7. The predicted molar refractivity (Wildman–Crippen MR) is 478 cm³/mol. The zero-order valence-corrected chi connectivity index (χ0v) is 66.7. The van der Waals surface area contributed by atoms with Crippen LogP contribution in [-0.2, 0) is 0 Å². The summed E-state index contributed by atoms with van der Waals surface area (Å²) >= 11 is 0. The lowest BCUT2D eigenvalue weighted by atomic mass is 9.60. The molecule has 0 amide bonds. The highest BCUT2D eigenvalue weighted by molar-refractivity contribution is 6.24. The minimum absolute atomic E-state index is 0.00492. The quantitative estimate of drug-likeness (QED) is 0.0223. The third-order valence-electron chi connectivity index (χ3n) is 24.9. The van der Waals surface area contributed by atoms with Crippen LogP contribution in [0.5, 0.6) is 23.0 Å². The molecule has 0 radical (unpaired) electrons. The average molecular weight is 1470 g/mol. The van der Waals surface area contributed by atoms with E-state index in [9.17, 15) is 0 Å². The highest BCUT2D eigenvalue weighted by Crippen LogP contribution is 2.59. The van der Waals surface area contributed by atoms with E-state index < -0.39 is 0 Å². The topological polar surface area (TPSA) is 36.9 Å². The first-order chi connectivity index (χ1) is 55.4. The molecule has 4 heteroatoms. The van der Waals surface area contributed by atoms with Crippen LogP contribution < -0.4 is 18.9 Å². The van der Waals surface area contributed by atoms with Gasteiger partial charge in [0, 0.05) is 11.8 Å². The van der Waals surface area contributed by atoms with E-state index in [0.717, 1.165) is 75.1 Å². The van der Waals surface area contributed by atoms with Crippen LogP contribution in [-0.4, -0.2) is 26.4 Å². The van der Waals surface area contributed by atoms with Crippen molar-refractivity contribution in [1.82, 2.24) is 0 Å². The van der Waals surface area contributed by atoms with Crippen LogP contribution in [0.15, 0.2) is 243 Å². The van der Waals surface area contributed by atoms with E-state index in [1.54, 1.807) is 0 Å². The molecule has 2 atom stereocenters. The highest BCUT2D eigenvalue weighted by Gasteiger charge is 2.42. The second-order valence-electron chi connectivity index (χ2n) is 32.5. The largest absolute Gasteiger partial charge is 0.494 e. The van der Waals surface area contributed by atoms with E-state index in [0.29, 0.717) is 0 Å². The van der Waals surface area contributed by atoms with Crippen LogP contribution in [0.2, 0.25) is 0 Å². The van der Waals surface area contributed by atoms with Gasteiger partial charge in [0.2, 0.25) is 0 Å². The van der Waals surface area contributed by atoms with Gasteiger partial charge in [0.1, 0.15) is 23.0 Å². The summed E-state index contributed by atoms with van der Waals surface area (Å²) in [6, 6.07) is 93.8. The van der Waals surface area contributed by atoms with Gasteiger partial charge in [-0.05, 0) is 311 Å². The molecular formula is C108H110O4. The number of unbranched alkanes of at least 4 members (excludes halogenated alkanes) is 20. The molecule has 0 fully saturated rings. The summed E-state index contributed by atoms with van der Waals surface area (Å²) < 4.78 is 25.7. The van der Waals surface area contributed by atoms with Crippen molar-refractivity contribution in [2.45, 2.75) is 194 Å². The molecule has 0 aromatic heterocycles. The lowest BCUT2D eigenvalue weighted by Crippen LogP contribution is -2.27. The van der Waals surface area contributed by atoms with Crippen LogP contribution in [0.25, 0.3) is 131 Å². The van der Waals surface area contributed by atoms with Crippen molar-refractivity contribution in [2.24, 2.45) is 0 Å². The summed E-state index contributed by atoms with van der Waals surface area (Å²) in [7, 11) is 0. The lowest BCUT2D eigenvalue weighted by Gasteiger charge is -2.43. The fourth-order valence-corrected chi connectivity index (χ4v) is 18.9. The molecule has 3 aliphatic carbocycles. The highest BCUT2D eigenvalue weighted by atomic mass is 16.5. The third-order valence-corrected chi connectivity index (χ3v) is 24.9. The summed E-state index contributed by atoms with van der Waals surface area (Å²) in [6.07, 6.45) is 29.8. The van der Waals surface area contributed by atoms with Crippen LogP contribution >= 0.6 is 0 Å². The molecular weight excluding hydrogens is 1360 g/mol. The average Bonchev–Trinajstić information content (AvgIpc) is 0.685. The maximum Gasteiger partial charge on any atom is 0.119 e. The van der Waals surface area contributed by atoms with Crippen molar-refractivity contribution in [3.63, 3.8) is 0 Å². The number of hydrogen-bond donors (Lipinski definition) is 0. The van der Waals surface area contributed by atoms with E-state index in [1.807, 2.05) is 0 Å². The van der Waals surface area contributed by atoms with Crippen molar-refractivity contribution in [3.8, 4) is 67.5 Å². The molecule has 4 nitrogen and oxygen atoms in total. The zero-order chi connectivity index (χ0) is 75.7. The first kappa shape index (κ1) is 74.3. The van der Waals surface area contributed by atoms with Gasteiger partial charge in [0.05, 0.1) is 26.4 Å². The van der Waals surface area contributed by atoms with Gasteiger partial charge < -0.3 is 18.9 Å². The minimum atomic E-state index is -0.00492. The Morgan fingerprint density at radius 3 is 0.705 bits per heavy atom. The second-order valence-corrected chi connectivity index (χ2v) is 32.5. The van der Waals surface area contributed by atoms with Gasteiger partial charge in [-0.1, -0.05) is 277 Å². The molecule has 18 rings (SSSR count). The number of rotatable bonds is 36. The number of fused-ring (bicyclic) bond motifs is 12. The molecule has 0 saturated heterocycles. The predicted octanol–water partition coefficient (Wildman–Crippen LogP) is 31.5. The smallest absolute Gasteiger partial charge is 0.119 e. The van der Waals surface area contributed by atoms with E-state index in [-0.39, 0.29) is 11.8 Å². The molecule has 0 N–H and O–H groups in total. The minimum Gasteiger partial charge on any atom is -0.494 e. The summed E-state index contributed by atoms with van der Waals surface area (Å²) in [4.78, 5) is 0. The molecule has 0 saturated carbocycles. The van der Waals surface area contributed by atoms with Crippen LogP contribution in [0.4, 0.5) is 0 Å². The van der Waals surface area contributed by atoms with Crippen molar-refractivity contribution in [3.05, 3.63) is 276 Å². The Labute approximate surface area is 664 Å². The molecule has 3 aliphatic rings. The van der Waals surface area contributed by atoms with Crippen LogP contribution in [0, 0.1) is 0 Å². The van der Waals surface area contributed by atoms with Crippen molar-refractivity contribution in [1.29, 1.82) is 0 Å². The molecule has 2 bridgehead atoms. The Morgan fingerprint density at radius 1 is 0.188 bits per heavy atom. The molecule has 112 heavy (non-hydrogen) atoms. The lowest BCUT2D eigenvalue weighted by molar-refractivity contribution is 0.304. The van der Waals surface area contributed by atoms with E-state index in [2.05, 4.69) is 270 Å². The van der Waals surface area contributed by atoms with Crippen molar-refractivity contribution in [2.75, 3.05) is 26.4 Å². The number of ether oxygens (including phenoxy) is 4. The van der Waals surface area contributed by atoms with E-state index >= 15 is 0 Å². The van der Waals surface area contributed by atoms with E-state index in [1.165, 1.54) is 292 Å². The molecule has 566 valence electrons. The Balaban J connectivity index is 0.813. The van der Waals surface area contributed by atoms with Gasteiger partial charge in [0.15, 0.2) is 0 Å². The molecule has 0 heterocycles. The standard InChI is InChI=1S/C108H110O4/c1-5-9-13-17-21-31-57-109-81-49-41-73(42-50-81)91-61-77-67-97-79(65-95(77)87-37-27-25-35-85(87)91)63-93(75-45-53-83(54-46-75)111-59-33-23-19-15-11-7-3)99-69-103-105(71-101(97)99)107-89-39-29-30-40-90(89)108(103)106-72-102-98-68-78-62-92(74-43-51-82(52-44-74)110-58-32-22-18-14-10-6-2)86-36-26-28-38-88(86)96(78)66-80(98)64-94(100(102)70-104(106)107)76-47-55-84(56-48-76)112-60-34-24-20-16-12-8-4/h25-30,35-56,61-72,107-108H,5-24,31-34,57-60H2,1-4H3/t107-,108-/m1/s1. The molecule has 15 aromatic rings. The summed E-state index contributed by atoms with van der Waals surface area (Å²) in [6.45, 7) is 12.1. The third kappa shape index (κ3) is 15.4. The summed E-state index contributed by atoms with van der Waals surface area (Å²) in [5.41, 5.74) is 18.1. The maximum atomic E-state index is 6.50. The maximum absolute atomic E-state index is 6.50. The first-order valence-electron chi connectivity index (χ1n) is 43.2. The summed E-state index contributed by atoms with van der Waals surface area (Å²) in [5, 5.41) is 20.1. The Kier molecular flexibility index (Phi) is 23.0. The summed E-state index contributed by atoms with van der Waals surface area (Å²) in [5.74, 6) is 3.72. The van der Waals surface area contributed by atoms with Gasteiger partial charge in [-0.2, -0.15) is 0 Å². The molecule has 15 aromatic carbocycles. The fraction of sp³-hybridized carbons (Fsp3) is 0.315. The molecule has 0 aliphatic heterocycles. The monoisotopic (exact) mass is 1470 g/mol. The molecule has 0 spiro atoms. The Bertz CT molecular complexity index is 5470. The SMILES string of the molecule is CCCCCCCCOc1ccc(-c2cc3cc4c(cc(-c5ccc(OCCCCCCCC)cc5)c5cc6c(cc54)[C@@H]4c5ccccc5[C@H]6c5cc6c(cc54)c(-c4ccc(OCCCCCCCC)cc4)cc4cc5c(cc(-c7ccc(OCCCCCCCC)cc7)c7ccccc75)cc46)cc3c3ccccc23)cc1. The van der Waals surface area contributed by atoms with Crippen molar-refractivity contribution >= 4 is 86.2 Å². The van der Waals surface area contributed by atoms with Gasteiger partial charge in [0.25, 0.3) is 0 Å². The van der Waals surface area contributed by atoms with Crippen molar-refractivity contribution < 1.29 is 18.9 Å². The molecule has 0 unspecified atom stereocenters.